The van der Waals surface area contributed by atoms with E-state index in [1.807, 2.05) is 0 Å². The van der Waals surface area contributed by atoms with E-state index < -0.39 is 0 Å². The minimum Gasteiger partial charge on any atom is -0.339 e. The Morgan fingerprint density at radius 2 is 2.00 bits per heavy atom. The van der Waals surface area contributed by atoms with E-state index in [0.717, 1.165) is 31.0 Å². The summed E-state index contributed by atoms with van der Waals surface area (Å²) >= 11 is 1.59. The van der Waals surface area contributed by atoms with E-state index in [0.29, 0.717) is 23.8 Å². The second-order valence-corrected chi connectivity index (χ2v) is 8.09. The fraction of sp³-hybridized carbons (Fsp3) is 0.824. The number of nitrogens with zero attached hydrogens (tertiary/aromatic N) is 4. The van der Waals surface area contributed by atoms with Crippen molar-refractivity contribution in [3.63, 3.8) is 0 Å². The van der Waals surface area contributed by atoms with Crippen molar-refractivity contribution in [2.24, 2.45) is 0 Å². The number of hydrogen-bond donors (Lipinski definition) is 0. The lowest BCUT2D eigenvalue weighted by Crippen LogP contribution is -2.44. The second-order valence-electron chi connectivity index (χ2n) is 7.15. The van der Waals surface area contributed by atoms with Gasteiger partial charge in [0.25, 0.3) is 0 Å². The average molecular weight is 334 g/mol. The first-order valence-electron chi connectivity index (χ1n) is 9.15. The molecule has 0 aromatic carbocycles. The Kier molecular flexibility index (Phi) is 4.35. The SMILES string of the molecule is CCC1CCCCN1C(=O)CSc1nnc(C2CC2)n1C1CC1. The molecule has 1 aromatic rings. The molecule has 1 unspecified atom stereocenters. The Morgan fingerprint density at radius 1 is 1.17 bits per heavy atom. The summed E-state index contributed by atoms with van der Waals surface area (Å²) in [5.74, 6) is 2.58. The highest BCUT2D eigenvalue weighted by Gasteiger charge is 2.36. The van der Waals surface area contributed by atoms with Crippen molar-refractivity contribution in [2.75, 3.05) is 12.3 Å². The fourth-order valence-corrected chi connectivity index (χ4v) is 4.54. The van der Waals surface area contributed by atoms with Gasteiger partial charge < -0.3 is 9.47 Å². The van der Waals surface area contributed by atoms with Gasteiger partial charge in [-0.3, -0.25) is 4.79 Å². The van der Waals surface area contributed by atoms with Gasteiger partial charge in [0.2, 0.25) is 5.91 Å². The molecule has 1 aromatic heterocycles. The lowest BCUT2D eigenvalue weighted by molar-refractivity contribution is -0.132. The van der Waals surface area contributed by atoms with Crippen molar-refractivity contribution in [3.05, 3.63) is 5.82 Å². The van der Waals surface area contributed by atoms with Gasteiger partial charge in [-0.1, -0.05) is 18.7 Å². The summed E-state index contributed by atoms with van der Waals surface area (Å²) in [4.78, 5) is 14.7. The molecule has 0 spiro atoms. The van der Waals surface area contributed by atoms with Gasteiger partial charge in [0.1, 0.15) is 5.82 Å². The van der Waals surface area contributed by atoms with Crippen molar-refractivity contribution in [2.45, 2.75) is 81.4 Å². The molecule has 5 nitrogen and oxygen atoms in total. The predicted molar refractivity (Wildman–Crippen MR) is 90.6 cm³/mol. The number of hydrogen-bond acceptors (Lipinski definition) is 4. The summed E-state index contributed by atoms with van der Waals surface area (Å²) < 4.78 is 2.34. The molecule has 0 bridgehead atoms. The third-order valence-electron chi connectivity index (χ3n) is 5.29. The quantitative estimate of drug-likeness (QED) is 0.749. The normalized spacial score (nSPS) is 24.9. The predicted octanol–water partition coefficient (Wildman–Crippen LogP) is 3.37. The summed E-state index contributed by atoms with van der Waals surface area (Å²) in [6.45, 7) is 3.12. The van der Waals surface area contributed by atoms with Crippen LogP contribution in [0.15, 0.2) is 5.16 Å². The van der Waals surface area contributed by atoms with Crippen LogP contribution in [-0.2, 0) is 4.79 Å². The molecule has 126 valence electrons. The molecule has 4 rings (SSSR count). The largest absolute Gasteiger partial charge is 0.339 e. The first-order chi connectivity index (χ1) is 11.3. The van der Waals surface area contributed by atoms with Crippen LogP contribution < -0.4 is 0 Å². The van der Waals surface area contributed by atoms with Gasteiger partial charge in [-0.15, -0.1) is 10.2 Å². The Morgan fingerprint density at radius 3 is 2.70 bits per heavy atom. The van der Waals surface area contributed by atoms with Crippen LogP contribution >= 0.6 is 11.8 Å². The molecule has 3 fully saturated rings. The molecule has 0 radical (unpaired) electrons. The molecule has 3 aliphatic rings. The van der Waals surface area contributed by atoms with Crippen LogP contribution in [0, 0.1) is 0 Å². The van der Waals surface area contributed by atoms with Crippen molar-refractivity contribution in [3.8, 4) is 0 Å². The lowest BCUT2D eigenvalue weighted by Gasteiger charge is -2.35. The van der Waals surface area contributed by atoms with Crippen molar-refractivity contribution < 1.29 is 4.79 Å². The van der Waals surface area contributed by atoms with Gasteiger partial charge in [0, 0.05) is 24.5 Å². The molecular formula is C17H26N4OS. The van der Waals surface area contributed by atoms with Crippen molar-refractivity contribution >= 4 is 17.7 Å². The van der Waals surface area contributed by atoms with Gasteiger partial charge in [-0.2, -0.15) is 0 Å². The Hall–Kier alpha value is -1.04. The topological polar surface area (TPSA) is 51.0 Å². The van der Waals surface area contributed by atoms with E-state index >= 15 is 0 Å². The van der Waals surface area contributed by atoms with E-state index in [-0.39, 0.29) is 5.91 Å². The van der Waals surface area contributed by atoms with Crippen LogP contribution in [0.3, 0.4) is 0 Å². The number of rotatable bonds is 6. The van der Waals surface area contributed by atoms with Crippen LogP contribution in [0.2, 0.25) is 0 Å². The number of carbonyl (C=O) groups excluding carboxylic acids is 1. The molecule has 1 saturated heterocycles. The standard InChI is InChI=1S/C17H26N4OS/c1-2-13-5-3-4-10-20(13)15(22)11-23-17-19-18-16(12-6-7-12)21(17)14-8-9-14/h12-14H,2-11H2,1H3. The molecule has 2 saturated carbocycles. The summed E-state index contributed by atoms with van der Waals surface area (Å²) in [5.41, 5.74) is 0. The maximum Gasteiger partial charge on any atom is 0.233 e. The zero-order valence-electron chi connectivity index (χ0n) is 13.9. The van der Waals surface area contributed by atoms with E-state index in [2.05, 4.69) is 26.6 Å². The van der Waals surface area contributed by atoms with Crippen molar-refractivity contribution in [1.29, 1.82) is 0 Å². The highest BCUT2D eigenvalue weighted by Crippen LogP contribution is 2.46. The van der Waals surface area contributed by atoms with Crippen LogP contribution in [0.4, 0.5) is 0 Å². The van der Waals surface area contributed by atoms with Crippen LogP contribution in [-0.4, -0.2) is 43.9 Å². The minimum absolute atomic E-state index is 0.278. The summed E-state index contributed by atoms with van der Waals surface area (Å²) in [6, 6.07) is 1.04. The molecule has 2 heterocycles. The molecule has 2 aliphatic carbocycles. The van der Waals surface area contributed by atoms with Crippen LogP contribution in [0.1, 0.15) is 76.1 Å². The summed E-state index contributed by atoms with van der Waals surface area (Å²) in [7, 11) is 0. The first kappa shape index (κ1) is 15.5. The maximum atomic E-state index is 12.6. The lowest BCUT2D eigenvalue weighted by atomic mass is 10.0. The first-order valence-corrected chi connectivity index (χ1v) is 10.1. The molecule has 6 heteroatoms. The van der Waals surface area contributed by atoms with E-state index in [9.17, 15) is 4.79 Å². The Labute approximate surface area is 142 Å². The molecule has 1 atom stereocenters. The smallest absolute Gasteiger partial charge is 0.233 e. The summed E-state index contributed by atoms with van der Waals surface area (Å²) in [6.07, 6.45) is 9.62. The van der Waals surface area contributed by atoms with E-state index in [1.165, 1.54) is 37.9 Å². The number of likely N-dealkylation sites (tertiary alicyclic amines) is 1. The van der Waals surface area contributed by atoms with Gasteiger partial charge in [0.05, 0.1) is 5.75 Å². The van der Waals surface area contributed by atoms with Crippen molar-refractivity contribution in [1.82, 2.24) is 19.7 Å². The number of thioether (sulfide) groups is 1. The maximum absolute atomic E-state index is 12.6. The number of aromatic nitrogens is 3. The fourth-order valence-electron chi connectivity index (χ4n) is 3.65. The van der Waals surface area contributed by atoms with Gasteiger partial charge in [-0.05, 0) is 51.4 Å². The minimum atomic E-state index is 0.278. The molecule has 1 aliphatic heterocycles. The molecule has 23 heavy (non-hydrogen) atoms. The molecular weight excluding hydrogens is 308 g/mol. The number of carbonyl (C=O) groups is 1. The highest BCUT2D eigenvalue weighted by molar-refractivity contribution is 7.99. The third kappa shape index (κ3) is 3.28. The highest BCUT2D eigenvalue weighted by atomic mass is 32.2. The van der Waals surface area contributed by atoms with Gasteiger partial charge >= 0.3 is 0 Å². The zero-order chi connectivity index (χ0) is 15.8. The van der Waals surface area contributed by atoms with E-state index in [4.69, 9.17) is 0 Å². The Balaban J connectivity index is 1.41. The summed E-state index contributed by atoms with van der Waals surface area (Å²) in [5, 5.41) is 9.79. The van der Waals surface area contributed by atoms with E-state index in [1.54, 1.807) is 11.8 Å². The number of amides is 1. The molecule has 0 N–H and O–H groups in total. The van der Waals surface area contributed by atoms with Gasteiger partial charge in [0.15, 0.2) is 5.16 Å². The monoisotopic (exact) mass is 334 g/mol. The van der Waals surface area contributed by atoms with Gasteiger partial charge in [-0.25, -0.2) is 0 Å². The van der Waals surface area contributed by atoms with Crippen LogP contribution in [0.25, 0.3) is 0 Å². The Bertz CT molecular complexity index is 579. The average Bonchev–Trinajstić information content (AvgIpc) is 3.51. The molecule has 1 amide bonds. The van der Waals surface area contributed by atoms with Crippen LogP contribution in [0.5, 0.6) is 0 Å². The third-order valence-corrected chi connectivity index (χ3v) is 6.22. The number of piperidine rings is 1. The zero-order valence-corrected chi connectivity index (χ0v) is 14.7. The second kappa shape index (κ2) is 6.46.